The molecule has 4 rings (SSSR count). The van der Waals surface area contributed by atoms with Crippen LogP contribution in [-0.2, 0) is 27.5 Å². The van der Waals surface area contributed by atoms with Crippen LogP contribution in [0.5, 0.6) is 0 Å². The second kappa shape index (κ2) is 15.5. The number of amides is 2. The van der Waals surface area contributed by atoms with Gasteiger partial charge in [0.15, 0.2) is 0 Å². The molecule has 0 aliphatic carbocycles. The number of piperazine rings is 1. The van der Waals surface area contributed by atoms with Gasteiger partial charge in [0, 0.05) is 51.0 Å². The van der Waals surface area contributed by atoms with Crippen molar-refractivity contribution in [3.8, 4) is 0 Å². The van der Waals surface area contributed by atoms with Crippen LogP contribution in [0, 0.1) is 0 Å². The van der Waals surface area contributed by atoms with E-state index in [0.717, 1.165) is 23.9 Å². The van der Waals surface area contributed by atoms with E-state index in [2.05, 4.69) is 25.9 Å². The molecule has 3 aromatic rings. The molecule has 0 spiro atoms. The Kier molecular flexibility index (Phi) is 11.9. The fourth-order valence-corrected chi connectivity index (χ4v) is 6.21. The van der Waals surface area contributed by atoms with Gasteiger partial charge in [-0.05, 0) is 75.7 Å². The minimum absolute atomic E-state index is 0.00713. The SMILES string of the molecule is CC(C)(C)OC(=O)NCCCNCc1ccc(C(=O)Nc2ccc(S(=O)(=O)N3CCN(c4cc(C(F)(F)F)cc(Cl)n4)CC3)cn2)cc1. The van der Waals surface area contributed by atoms with Crippen molar-refractivity contribution in [2.24, 2.45) is 0 Å². The first kappa shape index (κ1) is 36.8. The fourth-order valence-electron chi connectivity index (χ4n) is 4.64. The van der Waals surface area contributed by atoms with Gasteiger partial charge in [-0.3, -0.25) is 4.79 Å². The third-order valence-corrected chi connectivity index (χ3v) is 9.11. The minimum atomic E-state index is -4.60. The average Bonchev–Trinajstić information content (AvgIpc) is 3.02. The number of carbonyl (C=O) groups excluding carboxylic acids is 2. The molecule has 1 aliphatic rings. The highest BCUT2D eigenvalue weighted by Crippen LogP contribution is 2.33. The number of pyridine rings is 2. The van der Waals surface area contributed by atoms with E-state index in [1.165, 1.54) is 16.4 Å². The predicted octanol–water partition coefficient (Wildman–Crippen LogP) is 4.92. The van der Waals surface area contributed by atoms with Gasteiger partial charge in [-0.15, -0.1) is 0 Å². The molecule has 48 heavy (non-hydrogen) atoms. The van der Waals surface area contributed by atoms with Crippen molar-refractivity contribution in [1.29, 1.82) is 0 Å². The number of ether oxygens (including phenoxy) is 1. The molecule has 1 aliphatic heterocycles. The van der Waals surface area contributed by atoms with Gasteiger partial charge in [0.25, 0.3) is 5.91 Å². The van der Waals surface area contributed by atoms with E-state index in [9.17, 15) is 31.2 Å². The number of halogens is 4. The molecule has 0 radical (unpaired) electrons. The normalized spacial score (nSPS) is 14.4. The second-order valence-corrected chi connectivity index (χ2v) is 14.2. The molecule has 260 valence electrons. The Hall–Kier alpha value is -3.99. The van der Waals surface area contributed by atoms with Crippen LogP contribution in [0.4, 0.5) is 29.6 Å². The molecule has 3 N–H and O–H groups in total. The summed E-state index contributed by atoms with van der Waals surface area (Å²) in [6.45, 7) is 7.33. The lowest BCUT2D eigenvalue weighted by molar-refractivity contribution is -0.137. The van der Waals surface area contributed by atoms with Crippen molar-refractivity contribution < 1.29 is 35.9 Å². The van der Waals surface area contributed by atoms with Crippen LogP contribution in [0.2, 0.25) is 5.15 Å². The Morgan fingerprint density at radius 3 is 2.27 bits per heavy atom. The molecule has 1 saturated heterocycles. The number of rotatable bonds is 11. The molecule has 0 unspecified atom stereocenters. The van der Waals surface area contributed by atoms with E-state index in [1.54, 1.807) is 49.9 Å². The van der Waals surface area contributed by atoms with Crippen molar-refractivity contribution in [3.63, 3.8) is 0 Å². The van der Waals surface area contributed by atoms with Crippen LogP contribution in [0.15, 0.2) is 59.6 Å². The van der Waals surface area contributed by atoms with Crippen LogP contribution < -0.4 is 20.9 Å². The van der Waals surface area contributed by atoms with Crippen LogP contribution in [-0.4, -0.2) is 79.6 Å². The number of alkyl halides is 3. The van der Waals surface area contributed by atoms with Gasteiger partial charge in [-0.2, -0.15) is 17.5 Å². The van der Waals surface area contributed by atoms with Crippen LogP contribution in [0.1, 0.15) is 48.7 Å². The molecule has 0 saturated carbocycles. The van der Waals surface area contributed by atoms with Crippen molar-refractivity contribution in [3.05, 3.63) is 76.6 Å². The highest BCUT2D eigenvalue weighted by Gasteiger charge is 2.34. The molecule has 17 heteroatoms. The first-order valence-corrected chi connectivity index (χ1v) is 16.9. The van der Waals surface area contributed by atoms with Gasteiger partial charge in [0.05, 0.1) is 5.56 Å². The summed E-state index contributed by atoms with van der Waals surface area (Å²) in [4.78, 5) is 33.9. The third kappa shape index (κ3) is 10.5. The maximum absolute atomic E-state index is 13.2. The fraction of sp³-hybridized carbons (Fsp3) is 0.419. The number of anilines is 2. The molecule has 0 atom stereocenters. The highest BCUT2D eigenvalue weighted by molar-refractivity contribution is 7.89. The molecule has 1 fully saturated rings. The molecule has 2 amide bonds. The lowest BCUT2D eigenvalue weighted by Gasteiger charge is -2.34. The first-order chi connectivity index (χ1) is 22.5. The summed E-state index contributed by atoms with van der Waals surface area (Å²) >= 11 is 5.80. The van der Waals surface area contributed by atoms with Crippen molar-refractivity contribution >= 4 is 45.3 Å². The zero-order valence-corrected chi connectivity index (χ0v) is 28.2. The van der Waals surface area contributed by atoms with Crippen molar-refractivity contribution in [2.75, 3.05) is 49.5 Å². The Morgan fingerprint density at radius 2 is 1.67 bits per heavy atom. The van der Waals surface area contributed by atoms with E-state index in [1.807, 2.05) is 0 Å². The molecule has 1 aromatic carbocycles. The average molecular weight is 712 g/mol. The molecular weight excluding hydrogens is 675 g/mol. The molecule has 12 nitrogen and oxygen atoms in total. The Balaban J connectivity index is 1.23. The van der Waals surface area contributed by atoms with Crippen molar-refractivity contribution in [2.45, 2.75) is 50.4 Å². The monoisotopic (exact) mass is 711 g/mol. The van der Waals surface area contributed by atoms with Gasteiger partial charge in [-0.25, -0.2) is 23.2 Å². The zero-order chi connectivity index (χ0) is 35.1. The standard InChI is InChI=1S/C31H37ClF3N7O5S/c1-30(2,3)47-29(44)37-12-4-11-36-19-21-5-7-22(8-6-21)28(43)40-26-10-9-24(20-38-26)48(45,46)42-15-13-41(14-16-42)27-18-23(31(33,34)35)17-25(32)39-27/h5-10,17-18,20,36H,4,11-16,19H2,1-3H3,(H,37,44)(H,38,40,43). The highest BCUT2D eigenvalue weighted by atomic mass is 35.5. The van der Waals surface area contributed by atoms with Gasteiger partial charge in [0.2, 0.25) is 10.0 Å². The van der Waals surface area contributed by atoms with Gasteiger partial charge >= 0.3 is 12.3 Å². The molecule has 3 heterocycles. The van der Waals surface area contributed by atoms with Crippen LogP contribution >= 0.6 is 11.6 Å². The maximum Gasteiger partial charge on any atom is 0.416 e. The largest absolute Gasteiger partial charge is 0.444 e. The number of benzene rings is 1. The Labute approximate surface area is 282 Å². The quantitative estimate of drug-likeness (QED) is 0.187. The maximum atomic E-state index is 13.2. The summed E-state index contributed by atoms with van der Waals surface area (Å²) in [5.74, 6) is -0.256. The summed E-state index contributed by atoms with van der Waals surface area (Å²) in [5.41, 5.74) is -0.146. The second-order valence-electron chi connectivity index (χ2n) is 11.9. The Bertz CT molecular complexity index is 1680. The number of sulfonamides is 1. The number of nitrogens with zero attached hydrogens (tertiary/aromatic N) is 4. The first-order valence-electron chi connectivity index (χ1n) is 15.0. The predicted molar refractivity (Wildman–Crippen MR) is 174 cm³/mol. The zero-order valence-electron chi connectivity index (χ0n) is 26.6. The van der Waals surface area contributed by atoms with Crippen LogP contribution in [0.3, 0.4) is 0 Å². The number of nitrogens with one attached hydrogen (secondary N) is 3. The van der Waals surface area contributed by atoms with Gasteiger partial charge < -0.3 is 25.6 Å². The Morgan fingerprint density at radius 1 is 0.979 bits per heavy atom. The van der Waals surface area contributed by atoms with Crippen LogP contribution in [0.25, 0.3) is 0 Å². The number of alkyl carbamates (subject to hydrolysis) is 1. The van der Waals surface area contributed by atoms with E-state index in [-0.39, 0.29) is 47.9 Å². The van der Waals surface area contributed by atoms with Gasteiger partial charge in [0.1, 0.15) is 27.3 Å². The molecular formula is C31H37ClF3N7O5S. The van der Waals surface area contributed by atoms with E-state index < -0.39 is 39.4 Å². The number of hydrogen-bond donors (Lipinski definition) is 3. The minimum Gasteiger partial charge on any atom is -0.444 e. The topological polar surface area (TPSA) is 146 Å². The summed E-state index contributed by atoms with van der Waals surface area (Å²) in [6.07, 6.45) is -3.20. The third-order valence-electron chi connectivity index (χ3n) is 7.03. The van der Waals surface area contributed by atoms with Crippen molar-refractivity contribution in [1.82, 2.24) is 24.9 Å². The lowest BCUT2D eigenvalue weighted by Crippen LogP contribution is -2.49. The number of hydrogen-bond acceptors (Lipinski definition) is 9. The van der Waals surface area contributed by atoms with E-state index in [4.69, 9.17) is 16.3 Å². The lowest BCUT2D eigenvalue weighted by atomic mass is 10.1. The smallest absolute Gasteiger partial charge is 0.416 e. The van der Waals surface area contributed by atoms with E-state index >= 15 is 0 Å². The molecule has 0 bridgehead atoms. The summed E-state index contributed by atoms with van der Waals surface area (Å²) in [6, 6.07) is 11.3. The summed E-state index contributed by atoms with van der Waals surface area (Å²) in [5, 5.41) is 8.31. The molecule has 2 aromatic heterocycles. The number of carbonyl (C=O) groups is 2. The van der Waals surface area contributed by atoms with E-state index in [0.29, 0.717) is 31.6 Å². The summed E-state index contributed by atoms with van der Waals surface area (Å²) in [7, 11) is -3.96. The summed E-state index contributed by atoms with van der Waals surface area (Å²) < 4.78 is 72.4. The number of aromatic nitrogens is 2. The van der Waals surface area contributed by atoms with Gasteiger partial charge in [-0.1, -0.05) is 23.7 Å².